The maximum atomic E-state index is 13.9. The minimum atomic E-state index is -0.305. The Bertz CT molecular complexity index is 847. The number of halogens is 2. The van der Waals surface area contributed by atoms with Crippen LogP contribution in [0.2, 0.25) is 0 Å². The molecular formula is C14H12BrFN6S. The molecule has 0 spiro atoms. The van der Waals surface area contributed by atoms with Crippen molar-refractivity contribution < 1.29 is 4.39 Å². The minimum Gasteiger partial charge on any atom is -0.355 e. The van der Waals surface area contributed by atoms with Crippen LogP contribution < -0.4 is 5.32 Å². The third-order valence-electron chi connectivity index (χ3n) is 3.72. The van der Waals surface area contributed by atoms with Crippen molar-refractivity contribution in [3.63, 3.8) is 0 Å². The summed E-state index contributed by atoms with van der Waals surface area (Å²) in [6.45, 7) is 0.746. The van der Waals surface area contributed by atoms with Crippen LogP contribution in [0.25, 0.3) is 10.6 Å². The standard InChI is InChI=1S/C14H12BrFN6S/c15-8-1-3-11(16)10(5-8)13-20-21-14(23-13)19-9-2-4-12-17-7-18-22(12)6-9/h1,3,5,7,9H,2,4,6H2,(H,19,21). The molecule has 1 aromatic carbocycles. The van der Waals surface area contributed by atoms with Crippen molar-refractivity contribution in [2.45, 2.75) is 25.4 Å². The van der Waals surface area contributed by atoms with Crippen molar-refractivity contribution in [3.05, 3.63) is 40.6 Å². The molecule has 0 saturated heterocycles. The molecule has 2 aromatic heterocycles. The molecule has 6 nitrogen and oxygen atoms in total. The molecule has 0 aliphatic carbocycles. The smallest absolute Gasteiger partial charge is 0.206 e. The van der Waals surface area contributed by atoms with Gasteiger partial charge in [0.05, 0.1) is 6.54 Å². The molecule has 118 valence electrons. The van der Waals surface area contributed by atoms with Crippen LogP contribution in [0.4, 0.5) is 9.52 Å². The first-order chi connectivity index (χ1) is 11.2. The van der Waals surface area contributed by atoms with E-state index in [4.69, 9.17) is 0 Å². The summed E-state index contributed by atoms with van der Waals surface area (Å²) in [5.41, 5.74) is 0.451. The van der Waals surface area contributed by atoms with Gasteiger partial charge in [0.15, 0.2) is 5.01 Å². The van der Waals surface area contributed by atoms with Gasteiger partial charge in [-0.15, -0.1) is 10.2 Å². The van der Waals surface area contributed by atoms with Crippen LogP contribution in [0.5, 0.6) is 0 Å². The average molecular weight is 395 g/mol. The molecule has 4 rings (SSSR count). The van der Waals surface area contributed by atoms with Crippen LogP contribution in [0.3, 0.4) is 0 Å². The fraction of sp³-hybridized carbons (Fsp3) is 0.286. The lowest BCUT2D eigenvalue weighted by Crippen LogP contribution is -2.31. The van der Waals surface area contributed by atoms with Gasteiger partial charge in [0.25, 0.3) is 0 Å². The Kier molecular flexibility index (Phi) is 3.82. The second kappa shape index (κ2) is 5.97. The second-order valence-electron chi connectivity index (χ2n) is 5.27. The van der Waals surface area contributed by atoms with Crippen molar-refractivity contribution in [2.24, 2.45) is 0 Å². The number of anilines is 1. The second-order valence-corrected chi connectivity index (χ2v) is 7.17. The molecule has 1 N–H and O–H groups in total. The van der Waals surface area contributed by atoms with E-state index in [2.05, 4.69) is 41.5 Å². The SMILES string of the molecule is Fc1ccc(Br)cc1-c1nnc(NC2CCc3ncnn3C2)s1. The summed E-state index contributed by atoms with van der Waals surface area (Å²) in [6, 6.07) is 5.01. The Morgan fingerprint density at radius 2 is 2.26 bits per heavy atom. The van der Waals surface area contributed by atoms with Crippen molar-refractivity contribution in [3.8, 4) is 10.6 Å². The number of hydrogen-bond acceptors (Lipinski definition) is 6. The number of aromatic nitrogens is 5. The third kappa shape index (κ3) is 2.98. The Morgan fingerprint density at radius 3 is 3.17 bits per heavy atom. The van der Waals surface area contributed by atoms with Gasteiger partial charge in [0, 0.05) is 22.5 Å². The number of hydrogen-bond donors (Lipinski definition) is 1. The molecule has 3 aromatic rings. The molecule has 0 bridgehead atoms. The van der Waals surface area contributed by atoms with Crippen LogP contribution in [-0.4, -0.2) is 31.0 Å². The highest BCUT2D eigenvalue weighted by atomic mass is 79.9. The summed E-state index contributed by atoms with van der Waals surface area (Å²) < 4.78 is 16.6. The Balaban J connectivity index is 1.52. The summed E-state index contributed by atoms with van der Waals surface area (Å²) in [6.07, 6.45) is 3.42. The zero-order chi connectivity index (χ0) is 15.8. The Hall–Kier alpha value is -1.87. The predicted molar refractivity (Wildman–Crippen MR) is 88.8 cm³/mol. The molecule has 3 heterocycles. The van der Waals surface area contributed by atoms with Crippen LogP contribution in [0.15, 0.2) is 29.0 Å². The Morgan fingerprint density at radius 1 is 1.35 bits per heavy atom. The highest BCUT2D eigenvalue weighted by Crippen LogP contribution is 2.31. The first-order valence-electron chi connectivity index (χ1n) is 7.11. The topological polar surface area (TPSA) is 68.5 Å². The van der Waals surface area contributed by atoms with Gasteiger partial charge in [0.2, 0.25) is 5.13 Å². The van der Waals surface area contributed by atoms with E-state index in [1.54, 1.807) is 18.5 Å². The Labute approximate surface area is 143 Å². The molecule has 23 heavy (non-hydrogen) atoms. The van der Waals surface area contributed by atoms with E-state index in [0.717, 1.165) is 29.7 Å². The van der Waals surface area contributed by atoms with E-state index < -0.39 is 0 Å². The van der Waals surface area contributed by atoms with Gasteiger partial charge in [-0.1, -0.05) is 27.3 Å². The van der Waals surface area contributed by atoms with Gasteiger partial charge in [-0.3, -0.25) is 0 Å². The maximum absolute atomic E-state index is 13.9. The molecular weight excluding hydrogens is 383 g/mol. The molecule has 0 saturated carbocycles. The molecule has 1 aliphatic heterocycles. The quantitative estimate of drug-likeness (QED) is 0.738. The molecule has 1 atom stereocenters. The van der Waals surface area contributed by atoms with Crippen molar-refractivity contribution in [1.82, 2.24) is 25.0 Å². The fourth-order valence-corrected chi connectivity index (χ4v) is 3.78. The zero-order valence-corrected chi connectivity index (χ0v) is 14.3. The first-order valence-corrected chi connectivity index (χ1v) is 8.72. The summed E-state index contributed by atoms with van der Waals surface area (Å²) in [5.74, 6) is 0.707. The van der Waals surface area contributed by atoms with Crippen molar-refractivity contribution in [1.29, 1.82) is 0 Å². The lowest BCUT2D eigenvalue weighted by molar-refractivity contribution is 0.441. The predicted octanol–water partition coefficient (Wildman–Crippen LogP) is 3.13. The number of fused-ring (bicyclic) bond motifs is 1. The molecule has 0 amide bonds. The van der Waals surface area contributed by atoms with Crippen LogP contribution >= 0.6 is 27.3 Å². The summed E-state index contributed by atoms with van der Waals surface area (Å²) in [7, 11) is 0. The summed E-state index contributed by atoms with van der Waals surface area (Å²) in [4.78, 5) is 4.21. The lowest BCUT2D eigenvalue weighted by atomic mass is 10.1. The van der Waals surface area contributed by atoms with Crippen LogP contribution in [-0.2, 0) is 13.0 Å². The van der Waals surface area contributed by atoms with Gasteiger partial charge in [0.1, 0.15) is 18.0 Å². The third-order valence-corrected chi connectivity index (χ3v) is 5.10. The molecule has 1 unspecified atom stereocenters. The van der Waals surface area contributed by atoms with Crippen molar-refractivity contribution >= 4 is 32.4 Å². The van der Waals surface area contributed by atoms with Gasteiger partial charge < -0.3 is 5.32 Å². The van der Waals surface area contributed by atoms with E-state index in [-0.39, 0.29) is 11.9 Å². The number of nitrogens with one attached hydrogen (secondary N) is 1. The number of aryl methyl sites for hydroxylation is 1. The number of nitrogens with zero attached hydrogens (tertiary/aromatic N) is 5. The van der Waals surface area contributed by atoms with Gasteiger partial charge in [-0.2, -0.15) is 5.10 Å². The largest absolute Gasteiger partial charge is 0.355 e. The maximum Gasteiger partial charge on any atom is 0.206 e. The summed E-state index contributed by atoms with van der Waals surface area (Å²) >= 11 is 4.70. The fourth-order valence-electron chi connectivity index (χ4n) is 2.58. The zero-order valence-electron chi connectivity index (χ0n) is 11.9. The highest BCUT2D eigenvalue weighted by Gasteiger charge is 2.21. The van der Waals surface area contributed by atoms with E-state index in [0.29, 0.717) is 15.7 Å². The number of benzene rings is 1. The first kappa shape index (κ1) is 14.7. The van der Waals surface area contributed by atoms with Gasteiger partial charge >= 0.3 is 0 Å². The highest BCUT2D eigenvalue weighted by molar-refractivity contribution is 9.10. The van der Waals surface area contributed by atoms with Crippen LogP contribution in [0.1, 0.15) is 12.2 Å². The minimum absolute atomic E-state index is 0.220. The van der Waals surface area contributed by atoms with E-state index in [1.807, 2.05) is 4.68 Å². The molecule has 1 aliphatic rings. The van der Waals surface area contributed by atoms with Gasteiger partial charge in [-0.25, -0.2) is 14.1 Å². The van der Waals surface area contributed by atoms with Crippen molar-refractivity contribution in [2.75, 3.05) is 5.32 Å². The van der Waals surface area contributed by atoms with Crippen LogP contribution in [0, 0.1) is 5.82 Å². The van der Waals surface area contributed by atoms with E-state index in [9.17, 15) is 4.39 Å². The average Bonchev–Trinajstić information content (AvgIpc) is 3.18. The van der Waals surface area contributed by atoms with E-state index in [1.165, 1.54) is 17.4 Å². The number of rotatable bonds is 3. The lowest BCUT2D eigenvalue weighted by Gasteiger charge is -2.22. The van der Waals surface area contributed by atoms with E-state index >= 15 is 0 Å². The van der Waals surface area contributed by atoms with Gasteiger partial charge in [-0.05, 0) is 24.6 Å². The molecule has 0 radical (unpaired) electrons. The monoisotopic (exact) mass is 394 g/mol. The normalized spacial score (nSPS) is 17.0. The molecule has 0 fully saturated rings. The molecule has 9 heteroatoms. The summed E-state index contributed by atoms with van der Waals surface area (Å²) in [5, 5.41) is 17.0.